The number of aromatic nitrogens is 1. The predicted molar refractivity (Wildman–Crippen MR) is 108 cm³/mol. The summed E-state index contributed by atoms with van der Waals surface area (Å²) in [5, 5.41) is 9.03. The van der Waals surface area contributed by atoms with Crippen molar-refractivity contribution < 1.29 is 9.59 Å². The highest BCUT2D eigenvalue weighted by Crippen LogP contribution is 2.17. The Labute approximate surface area is 160 Å². The van der Waals surface area contributed by atoms with E-state index >= 15 is 0 Å². The van der Waals surface area contributed by atoms with E-state index in [1.807, 2.05) is 19.1 Å². The van der Waals surface area contributed by atoms with Crippen LogP contribution in [0.3, 0.4) is 0 Å². The molecule has 0 aliphatic rings. The Kier molecular flexibility index (Phi) is 7.07. The zero-order chi connectivity index (χ0) is 19.9. The molecule has 6 nitrogen and oxygen atoms in total. The Hall–Kier alpha value is -2.73. The van der Waals surface area contributed by atoms with Gasteiger partial charge in [0, 0.05) is 37.1 Å². The molecule has 1 aromatic carbocycles. The molecule has 6 heteroatoms. The van der Waals surface area contributed by atoms with Crippen molar-refractivity contribution >= 4 is 17.5 Å². The molecule has 2 rings (SSSR count). The van der Waals surface area contributed by atoms with Gasteiger partial charge in [-0.25, -0.2) is 0 Å². The topological polar surface area (TPSA) is 83.1 Å². The highest BCUT2D eigenvalue weighted by molar-refractivity contribution is 6.04. The van der Waals surface area contributed by atoms with Gasteiger partial charge in [0.15, 0.2) is 0 Å². The summed E-state index contributed by atoms with van der Waals surface area (Å²) in [4.78, 5) is 28.7. The first kappa shape index (κ1) is 20.6. The second-order valence-corrected chi connectivity index (χ2v) is 7.61. The Balaban J connectivity index is 2.21. The van der Waals surface area contributed by atoms with Crippen molar-refractivity contribution in [2.45, 2.75) is 34.2 Å². The van der Waals surface area contributed by atoms with Gasteiger partial charge < -0.3 is 16.0 Å². The van der Waals surface area contributed by atoms with Crippen LogP contribution in [0.4, 0.5) is 5.69 Å². The third-order valence-corrected chi connectivity index (χ3v) is 3.73. The Bertz CT molecular complexity index is 783. The maximum absolute atomic E-state index is 12.4. The van der Waals surface area contributed by atoms with E-state index in [1.54, 1.807) is 30.5 Å². The summed E-state index contributed by atoms with van der Waals surface area (Å²) < 4.78 is 0. The van der Waals surface area contributed by atoms with Crippen LogP contribution in [0.15, 0.2) is 42.6 Å². The van der Waals surface area contributed by atoms with Crippen LogP contribution >= 0.6 is 0 Å². The minimum atomic E-state index is -0.308. The van der Waals surface area contributed by atoms with Gasteiger partial charge in [0.1, 0.15) is 5.69 Å². The quantitative estimate of drug-likeness (QED) is 0.701. The number of hydrogen-bond acceptors (Lipinski definition) is 4. The summed E-state index contributed by atoms with van der Waals surface area (Å²) in [7, 11) is 0. The number of rotatable bonds is 7. The molecule has 144 valence electrons. The van der Waals surface area contributed by atoms with Crippen LogP contribution in [0, 0.1) is 5.41 Å². The molecule has 0 atom stereocenters. The maximum Gasteiger partial charge on any atom is 0.274 e. The Morgan fingerprint density at radius 2 is 1.85 bits per heavy atom. The van der Waals surface area contributed by atoms with Gasteiger partial charge in [-0.15, -0.1) is 0 Å². The average molecular weight is 368 g/mol. The first-order valence-electron chi connectivity index (χ1n) is 9.14. The van der Waals surface area contributed by atoms with E-state index in [4.69, 9.17) is 0 Å². The standard InChI is InChI=1S/C21H28N4O2/c1-5-23-19(26)16-10-15(13-22-14-21(2,3)4)11-17(12-16)25-20(27)18-8-6-7-9-24-18/h6-12,22H,5,13-14H2,1-4H3,(H,23,26)(H,25,27). The third-order valence-electron chi connectivity index (χ3n) is 3.73. The van der Waals surface area contributed by atoms with Gasteiger partial charge in [-0.05, 0) is 48.2 Å². The van der Waals surface area contributed by atoms with E-state index in [2.05, 4.69) is 41.7 Å². The Morgan fingerprint density at radius 1 is 1.07 bits per heavy atom. The van der Waals surface area contributed by atoms with Crippen LogP contribution in [-0.4, -0.2) is 29.9 Å². The van der Waals surface area contributed by atoms with Crippen molar-refractivity contribution in [3.8, 4) is 0 Å². The van der Waals surface area contributed by atoms with Crippen LogP contribution in [0.2, 0.25) is 0 Å². The van der Waals surface area contributed by atoms with Crippen molar-refractivity contribution in [2.75, 3.05) is 18.4 Å². The zero-order valence-corrected chi connectivity index (χ0v) is 16.4. The number of carbonyl (C=O) groups excluding carboxylic acids is 2. The highest BCUT2D eigenvalue weighted by atomic mass is 16.2. The molecule has 1 heterocycles. The fourth-order valence-corrected chi connectivity index (χ4v) is 2.53. The van der Waals surface area contributed by atoms with Crippen molar-refractivity contribution in [1.82, 2.24) is 15.6 Å². The molecule has 0 fully saturated rings. The molecular weight excluding hydrogens is 340 g/mol. The predicted octanol–water partition coefficient (Wildman–Crippen LogP) is 3.22. The fraction of sp³-hybridized carbons (Fsp3) is 0.381. The molecule has 0 bridgehead atoms. The monoisotopic (exact) mass is 368 g/mol. The molecule has 0 aliphatic carbocycles. The van der Waals surface area contributed by atoms with Crippen molar-refractivity contribution in [1.29, 1.82) is 0 Å². The summed E-state index contributed by atoms with van der Waals surface area (Å²) in [6, 6.07) is 10.6. The summed E-state index contributed by atoms with van der Waals surface area (Å²) in [6.45, 7) is 10.3. The summed E-state index contributed by atoms with van der Waals surface area (Å²) >= 11 is 0. The van der Waals surface area contributed by atoms with Gasteiger partial charge in [-0.2, -0.15) is 0 Å². The van der Waals surface area contributed by atoms with E-state index in [1.165, 1.54) is 0 Å². The number of anilines is 1. The van der Waals surface area contributed by atoms with Gasteiger partial charge in [0.25, 0.3) is 11.8 Å². The van der Waals surface area contributed by atoms with E-state index in [9.17, 15) is 9.59 Å². The molecule has 0 radical (unpaired) electrons. The molecule has 0 spiro atoms. The lowest BCUT2D eigenvalue weighted by molar-refractivity contribution is 0.0954. The number of carbonyl (C=O) groups is 2. The molecule has 2 aromatic rings. The first-order chi connectivity index (χ1) is 12.8. The number of nitrogens with zero attached hydrogens (tertiary/aromatic N) is 1. The van der Waals surface area contributed by atoms with Gasteiger partial charge in [-0.1, -0.05) is 26.8 Å². The number of pyridine rings is 1. The second-order valence-electron chi connectivity index (χ2n) is 7.61. The number of amides is 2. The molecular formula is C21H28N4O2. The van der Waals surface area contributed by atoms with E-state index < -0.39 is 0 Å². The molecule has 0 saturated carbocycles. The Morgan fingerprint density at radius 3 is 2.48 bits per heavy atom. The molecule has 0 aliphatic heterocycles. The summed E-state index contributed by atoms with van der Waals surface area (Å²) in [5.41, 5.74) is 2.51. The molecule has 27 heavy (non-hydrogen) atoms. The molecule has 2 amide bonds. The molecule has 0 saturated heterocycles. The van der Waals surface area contributed by atoms with Gasteiger partial charge in [0.05, 0.1) is 0 Å². The number of benzene rings is 1. The molecule has 3 N–H and O–H groups in total. The maximum atomic E-state index is 12.4. The van der Waals surface area contributed by atoms with E-state index in [0.29, 0.717) is 30.0 Å². The van der Waals surface area contributed by atoms with Crippen LogP contribution in [-0.2, 0) is 6.54 Å². The summed E-state index contributed by atoms with van der Waals surface area (Å²) in [6.07, 6.45) is 1.57. The fourth-order valence-electron chi connectivity index (χ4n) is 2.53. The lowest BCUT2D eigenvalue weighted by Crippen LogP contribution is -2.27. The van der Waals surface area contributed by atoms with Crippen molar-refractivity contribution in [3.05, 3.63) is 59.4 Å². The average Bonchev–Trinajstić information content (AvgIpc) is 2.61. The lowest BCUT2D eigenvalue weighted by atomic mass is 9.97. The molecule has 1 aromatic heterocycles. The summed E-state index contributed by atoms with van der Waals surface area (Å²) in [5.74, 6) is -0.472. The number of nitrogens with one attached hydrogen (secondary N) is 3. The normalized spacial score (nSPS) is 11.1. The van der Waals surface area contributed by atoms with E-state index in [0.717, 1.165) is 12.1 Å². The number of hydrogen-bond donors (Lipinski definition) is 3. The van der Waals surface area contributed by atoms with Crippen molar-refractivity contribution in [2.24, 2.45) is 5.41 Å². The molecule has 0 unspecified atom stereocenters. The van der Waals surface area contributed by atoms with Gasteiger partial charge in [-0.3, -0.25) is 14.6 Å². The van der Waals surface area contributed by atoms with Crippen LogP contribution < -0.4 is 16.0 Å². The second kappa shape index (κ2) is 9.28. The SMILES string of the molecule is CCNC(=O)c1cc(CNCC(C)(C)C)cc(NC(=O)c2ccccn2)c1. The van der Waals surface area contributed by atoms with Crippen LogP contribution in [0.1, 0.15) is 54.1 Å². The lowest BCUT2D eigenvalue weighted by Gasteiger charge is -2.19. The van der Waals surface area contributed by atoms with Gasteiger partial charge in [0.2, 0.25) is 0 Å². The first-order valence-corrected chi connectivity index (χ1v) is 9.14. The zero-order valence-electron chi connectivity index (χ0n) is 16.4. The smallest absolute Gasteiger partial charge is 0.274 e. The minimum Gasteiger partial charge on any atom is -0.352 e. The largest absolute Gasteiger partial charge is 0.352 e. The van der Waals surface area contributed by atoms with Crippen LogP contribution in [0.25, 0.3) is 0 Å². The van der Waals surface area contributed by atoms with E-state index in [-0.39, 0.29) is 17.2 Å². The van der Waals surface area contributed by atoms with Crippen LogP contribution in [0.5, 0.6) is 0 Å². The highest BCUT2D eigenvalue weighted by Gasteiger charge is 2.13. The third kappa shape index (κ3) is 6.83. The van der Waals surface area contributed by atoms with Gasteiger partial charge >= 0.3 is 0 Å². The minimum absolute atomic E-state index is 0.160. The van der Waals surface area contributed by atoms with Crippen molar-refractivity contribution in [3.63, 3.8) is 0 Å².